The second-order valence-electron chi connectivity index (χ2n) is 9.47. The van der Waals surface area contributed by atoms with Gasteiger partial charge in [0.15, 0.2) is 23.1 Å². The summed E-state index contributed by atoms with van der Waals surface area (Å²) in [5.41, 5.74) is 4.74. The van der Waals surface area contributed by atoms with E-state index >= 15 is 0 Å². The van der Waals surface area contributed by atoms with Gasteiger partial charge in [-0.05, 0) is 75.2 Å². The van der Waals surface area contributed by atoms with E-state index in [9.17, 15) is 19.8 Å². The summed E-state index contributed by atoms with van der Waals surface area (Å²) in [6.45, 7) is 7.32. The molecule has 0 atom stereocenters. The molecule has 2 heterocycles. The maximum Gasteiger partial charge on any atom is 0.230 e. The van der Waals surface area contributed by atoms with Crippen LogP contribution in [0.3, 0.4) is 0 Å². The van der Waals surface area contributed by atoms with E-state index in [1.165, 1.54) is 12.1 Å². The first-order chi connectivity index (χ1) is 20.1. The van der Waals surface area contributed by atoms with E-state index in [1.54, 1.807) is 38.4 Å². The number of nitrogens with zero attached hydrogens (tertiary/aromatic N) is 4. The number of aromatic nitrogens is 2. The molecule has 0 aliphatic heterocycles. The molecule has 0 aliphatic carbocycles. The number of rotatable bonds is 8. The van der Waals surface area contributed by atoms with Gasteiger partial charge < -0.3 is 20.8 Å². The maximum atomic E-state index is 12.0. The minimum atomic E-state index is -0.152. The van der Waals surface area contributed by atoms with Crippen LogP contribution in [0.1, 0.15) is 37.8 Å². The molecule has 0 bridgehead atoms. The number of pyridine rings is 2. The van der Waals surface area contributed by atoms with Gasteiger partial charge in [-0.15, -0.1) is 0 Å². The fourth-order valence-electron chi connectivity index (χ4n) is 3.67. The van der Waals surface area contributed by atoms with Crippen molar-refractivity contribution in [3.05, 3.63) is 96.3 Å². The molecule has 2 aromatic heterocycles. The summed E-state index contributed by atoms with van der Waals surface area (Å²) >= 11 is 0. The fraction of sp³-hybridized carbons (Fsp3) is 0.188. The van der Waals surface area contributed by atoms with Crippen LogP contribution in [0.4, 0.5) is 23.0 Å². The van der Waals surface area contributed by atoms with Gasteiger partial charge in [0.1, 0.15) is 0 Å². The number of nitrogens with one attached hydrogen (secondary N) is 2. The van der Waals surface area contributed by atoms with E-state index < -0.39 is 0 Å². The van der Waals surface area contributed by atoms with Crippen molar-refractivity contribution in [3.8, 4) is 11.5 Å². The number of benzene rings is 2. The Kier molecular flexibility index (Phi) is 13.7. The Morgan fingerprint density at radius 3 is 1.37 bits per heavy atom. The van der Waals surface area contributed by atoms with Crippen LogP contribution in [0.15, 0.2) is 95.2 Å². The van der Waals surface area contributed by atoms with E-state index in [2.05, 4.69) is 30.6 Å². The van der Waals surface area contributed by atoms with Crippen molar-refractivity contribution in [1.82, 2.24) is 9.97 Å². The van der Waals surface area contributed by atoms with Crippen LogP contribution in [-0.4, -0.2) is 43.4 Å². The van der Waals surface area contributed by atoms with Crippen LogP contribution in [0, 0.1) is 13.8 Å². The zero-order chi connectivity index (χ0) is 30.5. The Labute approximate surface area is 261 Å². The number of amides is 2. The molecule has 0 fully saturated rings. The number of hydrogen-bond donors (Lipinski definition) is 4. The Hall–Kier alpha value is -4.86. The zero-order valence-electron chi connectivity index (χ0n) is 24.3. The van der Waals surface area contributed by atoms with Gasteiger partial charge >= 0.3 is 0 Å². The Balaban J connectivity index is 0.000000293. The molecule has 227 valence electrons. The molecule has 0 saturated heterocycles. The molecular weight excluding hydrogens is 596 g/mol. The number of aliphatic imine (C=N–C) groups is 2. The third kappa shape index (κ3) is 11.5. The second-order valence-corrected chi connectivity index (χ2v) is 9.47. The van der Waals surface area contributed by atoms with Gasteiger partial charge in [-0.3, -0.25) is 9.59 Å². The predicted octanol–water partition coefficient (Wildman–Crippen LogP) is 6.43. The van der Waals surface area contributed by atoms with Crippen molar-refractivity contribution in [2.24, 2.45) is 9.98 Å². The Bertz CT molecular complexity index is 1490. The molecule has 0 aliphatic rings. The third-order valence-corrected chi connectivity index (χ3v) is 5.80. The summed E-state index contributed by atoms with van der Waals surface area (Å²) < 4.78 is 0. The molecule has 4 rings (SSSR count). The molecule has 0 spiro atoms. The second kappa shape index (κ2) is 17.2. The summed E-state index contributed by atoms with van der Waals surface area (Å²) in [6.07, 6.45) is 3.37. The van der Waals surface area contributed by atoms with Gasteiger partial charge in [0.2, 0.25) is 11.8 Å². The number of aryl methyl sites for hydroxylation is 2. The van der Waals surface area contributed by atoms with Crippen LogP contribution < -0.4 is 10.6 Å². The zero-order valence-corrected chi connectivity index (χ0v) is 25.2. The van der Waals surface area contributed by atoms with Crippen LogP contribution in [0.2, 0.25) is 0 Å². The molecule has 0 unspecified atom stereocenters. The summed E-state index contributed by atoms with van der Waals surface area (Å²) in [5.74, 6) is 0.131. The van der Waals surface area contributed by atoms with E-state index in [0.29, 0.717) is 11.4 Å². The van der Waals surface area contributed by atoms with Crippen LogP contribution in [0.5, 0.6) is 11.5 Å². The number of hydrogen-bond acceptors (Lipinski definition) is 8. The van der Waals surface area contributed by atoms with Crippen molar-refractivity contribution < 1.29 is 36.9 Å². The Morgan fingerprint density at radius 1 is 0.651 bits per heavy atom. The van der Waals surface area contributed by atoms with E-state index in [4.69, 9.17) is 0 Å². The van der Waals surface area contributed by atoms with Crippen molar-refractivity contribution in [2.75, 3.05) is 10.6 Å². The normalized spacial score (nSPS) is 11.0. The van der Waals surface area contributed by atoms with Crippen molar-refractivity contribution in [1.29, 1.82) is 0 Å². The van der Waals surface area contributed by atoms with Crippen LogP contribution in [0.25, 0.3) is 0 Å². The van der Waals surface area contributed by atoms with Crippen LogP contribution >= 0.6 is 0 Å². The number of carbonyl (C=O) groups is 2. The summed E-state index contributed by atoms with van der Waals surface area (Å²) in [6, 6.07) is 21.4. The van der Waals surface area contributed by atoms with Gasteiger partial charge in [0.25, 0.3) is 0 Å². The molecule has 1 radical (unpaired) electrons. The third-order valence-electron chi connectivity index (χ3n) is 5.80. The van der Waals surface area contributed by atoms with Gasteiger partial charge in [-0.2, -0.15) is 0 Å². The number of para-hydroxylation sites is 2. The van der Waals surface area contributed by atoms with Gasteiger partial charge in [0, 0.05) is 52.3 Å². The van der Waals surface area contributed by atoms with E-state index in [1.807, 2.05) is 62.4 Å². The van der Waals surface area contributed by atoms with E-state index in [-0.39, 0.29) is 64.9 Å². The smallest absolute Gasteiger partial charge is 0.230 e. The number of aromatic hydroxyl groups is 2. The molecule has 0 saturated carbocycles. The maximum absolute atomic E-state index is 12.0. The van der Waals surface area contributed by atoms with Crippen molar-refractivity contribution >= 4 is 46.2 Å². The SMILES string of the molecule is C/C(CC(=O)Nc1ccccc1C)=N\c1ncccc1O.C/C(CC(=O)Nc1ccccc1C)=N\c1ncccc1O.[Cu]. The number of anilines is 2. The molecule has 2 amide bonds. The summed E-state index contributed by atoms with van der Waals surface area (Å²) in [5, 5.41) is 24.9. The molecule has 2 aromatic carbocycles. The Morgan fingerprint density at radius 2 is 1.02 bits per heavy atom. The molecule has 4 N–H and O–H groups in total. The topological polar surface area (TPSA) is 149 Å². The molecule has 11 heteroatoms. The first kappa shape index (κ1) is 34.3. The fourth-order valence-corrected chi connectivity index (χ4v) is 3.67. The first-order valence-corrected chi connectivity index (χ1v) is 13.2. The monoisotopic (exact) mass is 629 g/mol. The van der Waals surface area contributed by atoms with E-state index in [0.717, 1.165) is 22.5 Å². The van der Waals surface area contributed by atoms with Gasteiger partial charge in [-0.25, -0.2) is 20.0 Å². The predicted molar refractivity (Wildman–Crippen MR) is 166 cm³/mol. The van der Waals surface area contributed by atoms with Gasteiger partial charge in [-0.1, -0.05) is 36.4 Å². The number of carbonyl (C=O) groups excluding carboxylic acids is 2. The minimum Gasteiger partial charge on any atom is -0.504 e. The molecular formula is C32H34CuN6O4. The standard InChI is InChI=1S/2C16H17N3O2.Cu/c2*1-11-6-3-4-7-13(11)19-15(21)10-12(2)18-16-14(20)8-5-9-17-16;/h2*3-9,20H,10H2,1-2H3,(H,19,21);/b2*18-12+;. The minimum absolute atomic E-state index is 0. The van der Waals surface area contributed by atoms with Crippen molar-refractivity contribution in [2.45, 2.75) is 40.5 Å². The van der Waals surface area contributed by atoms with Gasteiger partial charge in [0.05, 0.1) is 12.8 Å². The first-order valence-electron chi connectivity index (χ1n) is 13.2. The average Bonchev–Trinajstić information content (AvgIpc) is 2.94. The largest absolute Gasteiger partial charge is 0.504 e. The van der Waals surface area contributed by atoms with Crippen molar-refractivity contribution in [3.63, 3.8) is 0 Å². The van der Waals surface area contributed by atoms with Crippen LogP contribution in [-0.2, 0) is 26.7 Å². The summed E-state index contributed by atoms with van der Waals surface area (Å²) in [7, 11) is 0. The summed E-state index contributed by atoms with van der Waals surface area (Å²) in [4.78, 5) is 40.2. The molecule has 10 nitrogen and oxygen atoms in total. The molecule has 43 heavy (non-hydrogen) atoms. The quantitative estimate of drug-likeness (QED) is 0.130. The molecule has 4 aromatic rings. The average molecular weight is 630 g/mol.